The number of imidazole rings is 1. The highest BCUT2D eigenvalue weighted by molar-refractivity contribution is 5.75. The van der Waals surface area contributed by atoms with Gasteiger partial charge in [0, 0.05) is 24.7 Å². The fourth-order valence-electron chi connectivity index (χ4n) is 2.76. The number of nitrogens with one attached hydrogen (secondary N) is 1. The van der Waals surface area contributed by atoms with E-state index >= 15 is 0 Å². The van der Waals surface area contributed by atoms with Gasteiger partial charge in [0.1, 0.15) is 24.2 Å². The second-order valence-electron chi connectivity index (χ2n) is 5.92. The lowest BCUT2D eigenvalue weighted by molar-refractivity contribution is -0.122. The van der Waals surface area contributed by atoms with Crippen molar-refractivity contribution in [2.24, 2.45) is 0 Å². The molecule has 5 nitrogen and oxygen atoms in total. The summed E-state index contributed by atoms with van der Waals surface area (Å²) in [6.45, 7) is 4.97. The van der Waals surface area contributed by atoms with Gasteiger partial charge in [-0.15, -0.1) is 0 Å². The van der Waals surface area contributed by atoms with Gasteiger partial charge in [-0.2, -0.15) is 0 Å². The monoisotopic (exact) mass is 299 g/mol. The molecule has 0 saturated carbocycles. The number of para-hydroxylation sites is 1. The molecule has 2 heterocycles. The smallest absolute Gasteiger partial charge is 0.240 e. The largest absolute Gasteiger partial charge is 0.488 e. The first-order chi connectivity index (χ1) is 10.6. The van der Waals surface area contributed by atoms with E-state index in [1.54, 1.807) is 6.20 Å². The maximum atomic E-state index is 12.1. The number of benzene rings is 1. The first-order valence-corrected chi connectivity index (χ1v) is 7.66. The first kappa shape index (κ1) is 14.6. The standard InChI is InChI=1S/C17H21N3O2/c1-12(2)17-18-7-8-20(17)11-16(21)19-10-14-9-13-5-3-4-6-15(13)22-14/h3-8,12,14H,9-11H2,1-2H3,(H,19,21)/t14-/m0/s1. The van der Waals surface area contributed by atoms with E-state index in [-0.39, 0.29) is 12.0 Å². The number of carbonyl (C=O) groups is 1. The summed E-state index contributed by atoms with van der Waals surface area (Å²) in [7, 11) is 0. The van der Waals surface area contributed by atoms with E-state index in [1.165, 1.54) is 5.56 Å². The highest BCUT2D eigenvalue weighted by atomic mass is 16.5. The van der Waals surface area contributed by atoms with Crippen LogP contribution in [-0.4, -0.2) is 28.1 Å². The van der Waals surface area contributed by atoms with Crippen LogP contribution in [0.5, 0.6) is 5.75 Å². The molecule has 0 fully saturated rings. The highest BCUT2D eigenvalue weighted by Gasteiger charge is 2.22. The Bertz CT molecular complexity index is 638. The van der Waals surface area contributed by atoms with Crippen molar-refractivity contribution in [1.29, 1.82) is 0 Å². The lowest BCUT2D eigenvalue weighted by Gasteiger charge is -2.13. The van der Waals surface area contributed by atoms with Crippen LogP contribution >= 0.6 is 0 Å². The van der Waals surface area contributed by atoms with Crippen molar-refractivity contribution in [3.05, 3.63) is 48.0 Å². The van der Waals surface area contributed by atoms with Gasteiger partial charge >= 0.3 is 0 Å². The van der Waals surface area contributed by atoms with Crippen molar-refractivity contribution < 1.29 is 9.53 Å². The van der Waals surface area contributed by atoms with Crippen molar-refractivity contribution in [3.63, 3.8) is 0 Å². The van der Waals surface area contributed by atoms with Gasteiger partial charge in [0.15, 0.2) is 0 Å². The van der Waals surface area contributed by atoms with Gasteiger partial charge in [0.25, 0.3) is 0 Å². The Kier molecular flexibility index (Phi) is 4.13. The Balaban J connectivity index is 1.50. The van der Waals surface area contributed by atoms with Crippen LogP contribution in [0, 0.1) is 0 Å². The van der Waals surface area contributed by atoms with Gasteiger partial charge in [0.2, 0.25) is 5.91 Å². The summed E-state index contributed by atoms with van der Waals surface area (Å²) in [5.41, 5.74) is 1.21. The summed E-state index contributed by atoms with van der Waals surface area (Å²) >= 11 is 0. The quantitative estimate of drug-likeness (QED) is 0.920. The van der Waals surface area contributed by atoms with Crippen molar-refractivity contribution >= 4 is 5.91 Å². The van der Waals surface area contributed by atoms with Crippen molar-refractivity contribution in [1.82, 2.24) is 14.9 Å². The summed E-state index contributed by atoms with van der Waals surface area (Å²) in [4.78, 5) is 16.4. The number of carbonyl (C=O) groups excluding carboxylic acids is 1. The SMILES string of the molecule is CC(C)c1nccn1CC(=O)NC[C@@H]1Cc2ccccc2O1. The van der Waals surface area contributed by atoms with Crippen LogP contribution in [0.15, 0.2) is 36.7 Å². The van der Waals surface area contributed by atoms with Crippen molar-refractivity contribution in [2.45, 2.75) is 38.8 Å². The number of amides is 1. The molecule has 0 radical (unpaired) electrons. The summed E-state index contributed by atoms with van der Waals surface area (Å²) in [5.74, 6) is 2.15. The minimum atomic E-state index is -0.0144. The Morgan fingerprint density at radius 1 is 1.45 bits per heavy atom. The third kappa shape index (κ3) is 3.13. The van der Waals surface area contributed by atoms with Crippen molar-refractivity contribution in [3.8, 4) is 5.75 Å². The Labute approximate surface area is 130 Å². The maximum absolute atomic E-state index is 12.1. The van der Waals surface area contributed by atoms with E-state index in [0.29, 0.717) is 19.0 Å². The molecule has 2 aromatic rings. The van der Waals surface area contributed by atoms with Crippen molar-refractivity contribution in [2.75, 3.05) is 6.54 Å². The van der Waals surface area contributed by atoms with E-state index < -0.39 is 0 Å². The van der Waals surface area contributed by atoms with Gasteiger partial charge in [-0.25, -0.2) is 4.98 Å². The molecule has 5 heteroatoms. The van der Waals surface area contributed by atoms with Crippen LogP contribution < -0.4 is 10.1 Å². The summed E-state index contributed by atoms with van der Waals surface area (Å²) in [5, 5.41) is 2.95. The molecule has 0 spiro atoms. The average molecular weight is 299 g/mol. The van der Waals surface area contributed by atoms with Gasteiger partial charge in [-0.1, -0.05) is 32.0 Å². The third-order valence-electron chi connectivity index (χ3n) is 3.82. The highest BCUT2D eigenvalue weighted by Crippen LogP contribution is 2.27. The minimum absolute atomic E-state index is 0.0144. The van der Waals surface area contributed by atoms with E-state index in [2.05, 4.69) is 30.2 Å². The van der Waals surface area contributed by atoms with Gasteiger partial charge in [0.05, 0.1) is 6.54 Å². The second-order valence-corrected chi connectivity index (χ2v) is 5.92. The summed E-state index contributed by atoms with van der Waals surface area (Å²) in [6.07, 6.45) is 4.45. The second kappa shape index (κ2) is 6.22. The van der Waals surface area contributed by atoms with E-state index in [4.69, 9.17) is 4.74 Å². The number of fused-ring (bicyclic) bond motifs is 1. The van der Waals surface area contributed by atoms with Crippen LogP contribution in [0.1, 0.15) is 31.2 Å². The summed E-state index contributed by atoms with van der Waals surface area (Å²) < 4.78 is 7.71. The fourth-order valence-corrected chi connectivity index (χ4v) is 2.76. The average Bonchev–Trinajstić information content (AvgIpc) is 3.10. The molecule has 0 unspecified atom stereocenters. The lowest BCUT2D eigenvalue weighted by atomic mass is 10.1. The molecule has 1 aromatic heterocycles. The lowest BCUT2D eigenvalue weighted by Crippen LogP contribution is -2.36. The first-order valence-electron chi connectivity index (χ1n) is 7.66. The fraction of sp³-hybridized carbons (Fsp3) is 0.412. The molecule has 22 heavy (non-hydrogen) atoms. The van der Waals surface area contributed by atoms with E-state index in [1.807, 2.05) is 29.0 Å². The van der Waals surface area contributed by atoms with Gasteiger partial charge in [-0.05, 0) is 11.6 Å². The zero-order valence-electron chi connectivity index (χ0n) is 13.0. The Hall–Kier alpha value is -2.30. The van der Waals surface area contributed by atoms with Gasteiger partial charge in [-0.3, -0.25) is 4.79 Å². The van der Waals surface area contributed by atoms with Crippen LogP contribution in [0.25, 0.3) is 0 Å². The Morgan fingerprint density at radius 3 is 3.05 bits per heavy atom. The molecular weight excluding hydrogens is 278 g/mol. The molecule has 1 aliphatic heterocycles. The van der Waals surface area contributed by atoms with Crippen LogP contribution in [0.3, 0.4) is 0 Å². The van der Waals surface area contributed by atoms with Crippen LogP contribution in [0.2, 0.25) is 0 Å². The van der Waals surface area contributed by atoms with Crippen LogP contribution in [0.4, 0.5) is 0 Å². The Morgan fingerprint density at radius 2 is 2.27 bits per heavy atom. The number of hydrogen-bond acceptors (Lipinski definition) is 3. The summed E-state index contributed by atoms with van der Waals surface area (Å²) in [6, 6.07) is 8.01. The van der Waals surface area contributed by atoms with Crippen LogP contribution in [-0.2, 0) is 17.8 Å². The van der Waals surface area contributed by atoms with Gasteiger partial charge < -0.3 is 14.6 Å². The molecule has 1 aromatic carbocycles. The normalized spacial score (nSPS) is 16.4. The number of nitrogens with zero attached hydrogens (tertiary/aromatic N) is 2. The predicted octanol–water partition coefficient (Wildman–Crippen LogP) is 2.13. The molecule has 0 saturated heterocycles. The van der Waals surface area contributed by atoms with E-state index in [9.17, 15) is 4.79 Å². The number of rotatable bonds is 5. The molecule has 1 N–H and O–H groups in total. The molecule has 116 valence electrons. The number of ether oxygens (including phenoxy) is 1. The minimum Gasteiger partial charge on any atom is -0.488 e. The predicted molar refractivity (Wildman–Crippen MR) is 83.9 cm³/mol. The topological polar surface area (TPSA) is 56.2 Å². The third-order valence-corrected chi connectivity index (χ3v) is 3.82. The zero-order valence-corrected chi connectivity index (χ0v) is 13.0. The van der Waals surface area contributed by atoms with E-state index in [0.717, 1.165) is 18.0 Å². The zero-order chi connectivity index (χ0) is 15.5. The molecule has 0 aliphatic carbocycles. The molecule has 1 amide bonds. The molecule has 0 bridgehead atoms. The number of aromatic nitrogens is 2. The molecule has 1 atom stereocenters. The molecule has 1 aliphatic rings. The maximum Gasteiger partial charge on any atom is 0.240 e. The molecule has 3 rings (SSSR count). The number of hydrogen-bond donors (Lipinski definition) is 1. The molecular formula is C17H21N3O2.